The van der Waals surface area contributed by atoms with Gasteiger partial charge in [0, 0.05) is 23.9 Å². The summed E-state index contributed by atoms with van der Waals surface area (Å²) in [6.07, 6.45) is 9.44. The number of thioether (sulfide) groups is 1. The predicted octanol–water partition coefficient (Wildman–Crippen LogP) is 2.98. The maximum Gasteiger partial charge on any atom is 0.00961 e. The average molecular weight is 270 g/mol. The van der Waals surface area contributed by atoms with Gasteiger partial charge >= 0.3 is 0 Å². The van der Waals surface area contributed by atoms with Crippen LogP contribution in [-0.2, 0) is 0 Å². The summed E-state index contributed by atoms with van der Waals surface area (Å²) in [7, 11) is 0. The first kappa shape index (κ1) is 14.7. The van der Waals surface area contributed by atoms with Crippen molar-refractivity contribution in [3.05, 3.63) is 0 Å². The quantitative estimate of drug-likeness (QED) is 0.827. The fourth-order valence-corrected chi connectivity index (χ4v) is 4.15. The van der Waals surface area contributed by atoms with Crippen LogP contribution in [0, 0.1) is 5.92 Å². The second-order valence-corrected chi connectivity index (χ2v) is 7.52. The largest absolute Gasteiger partial charge is 0.314 e. The lowest BCUT2D eigenvalue weighted by Crippen LogP contribution is -2.38. The molecule has 1 heterocycles. The molecule has 1 saturated carbocycles. The minimum Gasteiger partial charge on any atom is -0.314 e. The van der Waals surface area contributed by atoms with E-state index in [4.69, 9.17) is 0 Å². The van der Waals surface area contributed by atoms with Gasteiger partial charge in [-0.25, -0.2) is 0 Å². The number of hydrogen-bond donors (Lipinski definition) is 1. The van der Waals surface area contributed by atoms with Crippen molar-refractivity contribution in [2.75, 3.05) is 25.9 Å². The van der Waals surface area contributed by atoms with Crippen LogP contribution in [0.25, 0.3) is 0 Å². The number of nitrogens with zero attached hydrogens (tertiary/aromatic N) is 1. The number of rotatable bonds is 5. The second-order valence-electron chi connectivity index (χ2n) is 6.38. The van der Waals surface area contributed by atoms with Gasteiger partial charge in [-0.2, -0.15) is 11.8 Å². The Morgan fingerprint density at radius 1 is 1.17 bits per heavy atom. The molecule has 2 fully saturated rings. The number of hydrogen-bond acceptors (Lipinski definition) is 3. The minimum atomic E-state index is 0.635. The first-order valence-electron chi connectivity index (χ1n) is 7.69. The van der Waals surface area contributed by atoms with E-state index in [0.717, 1.165) is 17.2 Å². The monoisotopic (exact) mass is 270 g/mol. The first-order valence-corrected chi connectivity index (χ1v) is 8.98. The average Bonchev–Trinajstić information content (AvgIpc) is 2.85. The zero-order chi connectivity index (χ0) is 13.0. The van der Waals surface area contributed by atoms with Gasteiger partial charge < -0.3 is 10.2 Å². The normalized spacial score (nSPS) is 34.3. The maximum atomic E-state index is 3.60. The highest BCUT2D eigenvalue weighted by Gasteiger charge is 2.30. The van der Waals surface area contributed by atoms with Crippen LogP contribution < -0.4 is 5.32 Å². The summed E-state index contributed by atoms with van der Waals surface area (Å²) in [6, 6.07) is 1.54. The van der Waals surface area contributed by atoms with Crippen LogP contribution in [0.3, 0.4) is 0 Å². The standard InChI is InChI=1S/C15H30N2S/c1-12(2)16-10-13-8-9-17(11-13)14-4-6-15(18-3)7-5-14/h12-16H,4-11H2,1-3H3. The summed E-state index contributed by atoms with van der Waals surface area (Å²) in [6.45, 7) is 8.40. The highest BCUT2D eigenvalue weighted by atomic mass is 32.2. The van der Waals surface area contributed by atoms with Crippen molar-refractivity contribution in [2.24, 2.45) is 5.92 Å². The summed E-state index contributed by atoms with van der Waals surface area (Å²) in [5, 5.41) is 4.54. The summed E-state index contributed by atoms with van der Waals surface area (Å²) in [5.41, 5.74) is 0. The summed E-state index contributed by atoms with van der Waals surface area (Å²) in [5.74, 6) is 0.894. The fraction of sp³-hybridized carbons (Fsp3) is 1.00. The zero-order valence-corrected chi connectivity index (χ0v) is 13.1. The molecule has 2 nitrogen and oxygen atoms in total. The molecule has 2 aliphatic rings. The number of likely N-dealkylation sites (tertiary alicyclic amines) is 1. The van der Waals surface area contributed by atoms with Crippen LogP contribution in [0.2, 0.25) is 0 Å². The third kappa shape index (κ3) is 4.14. The number of nitrogens with one attached hydrogen (secondary N) is 1. The molecule has 0 amide bonds. The minimum absolute atomic E-state index is 0.635. The van der Waals surface area contributed by atoms with Gasteiger partial charge in [-0.3, -0.25) is 0 Å². The van der Waals surface area contributed by atoms with Gasteiger partial charge in [0.1, 0.15) is 0 Å². The molecule has 1 unspecified atom stereocenters. The molecular formula is C15H30N2S. The molecule has 2 rings (SSSR count). The van der Waals surface area contributed by atoms with Crippen molar-refractivity contribution in [2.45, 2.75) is 63.3 Å². The third-order valence-corrected chi connectivity index (χ3v) is 5.76. The van der Waals surface area contributed by atoms with Crippen molar-refractivity contribution in [3.63, 3.8) is 0 Å². The first-order chi connectivity index (χ1) is 8.69. The van der Waals surface area contributed by atoms with Crippen molar-refractivity contribution >= 4 is 11.8 Å². The molecule has 18 heavy (non-hydrogen) atoms. The molecule has 3 heteroatoms. The molecule has 1 atom stereocenters. The van der Waals surface area contributed by atoms with Crippen LogP contribution in [0.4, 0.5) is 0 Å². The van der Waals surface area contributed by atoms with E-state index >= 15 is 0 Å². The van der Waals surface area contributed by atoms with Gasteiger partial charge in [-0.1, -0.05) is 13.8 Å². The van der Waals surface area contributed by atoms with Gasteiger partial charge in [-0.15, -0.1) is 0 Å². The van der Waals surface area contributed by atoms with Crippen LogP contribution in [0.15, 0.2) is 0 Å². The lowest BCUT2D eigenvalue weighted by molar-refractivity contribution is 0.186. The fourth-order valence-electron chi connectivity index (χ4n) is 3.41. The molecule has 0 aromatic rings. The molecule has 0 bridgehead atoms. The molecule has 1 saturated heterocycles. The van der Waals surface area contributed by atoms with Crippen molar-refractivity contribution in [3.8, 4) is 0 Å². The van der Waals surface area contributed by atoms with Gasteiger partial charge in [0.25, 0.3) is 0 Å². The second kappa shape index (κ2) is 7.16. The Balaban J connectivity index is 1.69. The lowest BCUT2D eigenvalue weighted by Gasteiger charge is -2.34. The molecule has 0 aromatic heterocycles. The topological polar surface area (TPSA) is 15.3 Å². The SMILES string of the molecule is CSC1CCC(N2CCC(CNC(C)C)C2)CC1. The van der Waals surface area contributed by atoms with E-state index in [1.54, 1.807) is 0 Å². The lowest BCUT2D eigenvalue weighted by atomic mass is 9.94. The molecule has 1 aliphatic heterocycles. The van der Waals surface area contributed by atoms with E-state index in [0.29, 0.717) is 6.04 Å². The molecule has 0 spiro atoms. The van der Waals surface area contributed by atoms with Crippen molar-refractivity contribution in [1.29, 1.82) is 0 Å². The molecule has 1 aliphatic carbocycles. The van der Waals surface area contributed by atoms with Crippen molar-refractivity contribution in [1.82, 2.24) is 10.2 Å². The van der Waals surface area contributed by atoms with Crippen LogP contribution in [0.1, 0.15) is 46.0 Å². The Morgan fingerprint density at radius 2 is 1.89 bits per heavy atom. The summed E-state index contributed by atoms with van der Waals surface area (Å²) >= 11 is 2.07. The summed E-state index contributed by atoms with van der Waals surface area (Å²) in [4.78, 5) is 2.78. The third-order valence-electron chi connectivity index (χ3n) is 4.63. The Kier molecular flexibility index (Phi) is 5.84. The smallest absolute Gasteiger partial charge is 0.00961 e. The maximum absolute atomic E-state index is 3.60. The molecular weight excluding hydrogens is 240 g/mol. The predicted molar refractivity (Wildman–Crippen MR) is 82.4 cm³/mol. The van der Waals surface area contributed by atoms with E-state index < -0.39 is 0 Å². The highest BCUT2D eigenvalue weighted by Crippen LogP contribution is 2.32. The van der Waals surface area contributed by atoms with Crippen LogP contribution >= 0.6 is 11.8 Å². The van der Waals surface area contributed by atoms with E-state index in [1.807, 2.05) is 0 Å². The van der Waals surface area contributed by atoms with Crippen LogP contribution in [0.5, 0.6) is 0 Å². The molecule has 0 radical (unpaired) electrons. The Morgan fingerprint density at radius 3 is 2.50 bits per heavy atom. The van der Waals surface area contributed by atoms with E-state index in [9.17, 15) is 0 Å². The highest BCUT2D eigenvalue weighted by molar-refractivity contribution is 7.99. The molecule has 106 valence electrons. The van der Waals surface area contributed by atoms with E-state index in [2.05, 4.69) is 42.1 Å². The molecule has 1 N–H and O–H groups in total. The zero-order valence-electron chi connectivity index (χ0n) is 12.3. The van der Waals surface area contributed by atoms with Gasteiger partial charge in [0.05, 0.1) is 0 Å². The van der Waals surface area contributed by atoms with E-state index in [-0.39, 0.29) is 0 Å². The van der Waals surface area contributed by atoms with Gasteiger partial charge in [0.15, 0.2) is 0 Å². The van der Waals surface area contributed by atoms with Crippen molar-refractivity contribution < 1.29 is 0 Å². The Hall–Kier alpha value is 0.270. The summed E-state index contributed by atoms with van der Waals surface area (Å²) < 4.78 is 0. The van der Waals surface area contributed by atoms with E-state index in [1.165, 1.54) is 51.7 Å². The van der Waals surface area contributed by atoms with Gasteiger partial charge in [0.2, 0.25) is 0 Å². The van der Waals surface area contributed by atoms with Gasteiger partial charge in [-0.05, 0) is 57.4 Å². The van der Waals surface area contributed by atoms with Crippen LogP contribution in [-0.4, -0.2) is 48.1 Å². The molecule has 0 aromatic carbocycles. The Bertz CT molecular complexity index is 237. The Labute approximate surface area is 117 Å².